The number of amides is 2. The van der Waals surface area contributed by atoms with Gasteiger partial charge >= 0.3 is 0 Å². The van der Waals surface area contributed by atoms with Gasteiger partial charge in [-0.15, -0.1) is 0 Å². The molecule has 0 saturated carbocycles. The monoisotopic (exact) mass is 419 g/mol. The van der Waals surface area contributed by atoms with Gasteiger partial charge in [0.25, 0.3) is 0 Å². The Morgan fingerprint density at radius 3 is 2.47 bits per heavy atom. The average Bonchev–Trinajstić information content (AvgIpc) is 2.69. The van der Waals surface area contributed by atoms with Crippen LogP contribution in [0.3, 0.4) is 0 Å². The summed E-state index contributed by atoms with van der Waals surface area (Å²) in [6, 6.07) is 14.1. The maximum atomic E-state index is 12.6. The van der Waals surface area contributed by atoms with Crippen LogP contribution in [-0.2, 0) is 9.59 Å². The summed E-state index contributed by atoms with van der Waals surface area (Å²) in [5.74, 6) is -0.506. The maximum Gasteiger partial charge on any atom is 0.234 e. The van der Waals surface area contributed by atoms with Crippen molar-refractivity contribution in [2.45, 2.75) is 40.0 Å². The van der Waals surface area contributed by atoms with E-state index >= 15 is 0 Å². The standard InChI is InChI=1S/C24H25N3O2S/c1-14-9-16(3)23(17(4)10-14)26-22(29)13-30-24-20(12-25)19(11-21(28)27-24)18-8-6-5-7-15(18)2/h5-10,19H,11,13H2,1-4H3,(H,26,29)(H,27,28)/t19-/m0/s1. The van der Waals surface area contributed by atoms with Crippen molar-refractivity contribution in [1.82, 2.24) is 5.32 Å². The predicted molar refractivity (Wildman–Crippen MR) is 121 cm³/mol. The molecule has 1 atom stereocenters. The molecule has 30 heavy (non-hydrogen) atoms. The highest BCUT2D eigenvalue weighted by Gasteiger charge is 2.30. The summed E-state index contributed by atoms with van der Waals surface area (Å²) in [4.78, 5) is 24.9. The molecule has 0 bridgehead atoms. The second kappa shape index (κ2) is 9.19. The summed E-state index contributed by atoms with van der Waals surface area (Å²) in [5, 5.41) is 16.0. The summed E-state index contributed by atoms with van der Waals surface area (Å²) in [6.45, 7) is 7.93. The first kappa shape index (κ1) is 21.7. The van der Waals surface area contributed by atoms with E-state index in [0.29, 0.717) is 10.6 Å². The van der Waals surface area contributed by atoms with Crippen LogP contribution in [0.1, 0.15) is 40.2 Å². The van der Waals surface area contributed by atoms with Crippen molar-refractivity contribution in [2.75, 3.05) is 11.1 Å². The second-order valence-electron chi connectivity index (χ2n) is 7.63. The molecule has 154 valence electrons. The number of hydrogen-bond donors (Lipinski definition) is 2. The predicted octanol–water partition coefficient (Wildman–Crippen LogP) is 4.63. The highest BCUT2D eigenvalue weighted by molar-refractivity contribution is 8.03. The Morgan fingerprint density at radius 2 is 1.83 bits per heavy atom. The molecule has 1 heterocycles. The van der Waals surface area contributed by atoms with Crippen LogP contribution >= 0.6 is 11.8 Å². The first-order chi connectivity index (χ1) is 14.3. The minimum Gasteiger partial charge on any atom is -0.325 e. The van der Waals surface area contributed by atoms with E-state index in [2.05, 4.69) is 16.7 Å². The van der Waals surface area contributed by atoms with Crippen molar-refractivity contribution >= 4 is 29.3 Å². The summed E-state index contributed by atoms with van der Waals surface area (Å²) in [6.07, 6.45) is 0.228. The SMILES string of the molecule is Cc1cc(C)c(NC(=O)CSC2=C(C#N)[C@H](c3ccccc3C)CC(=O)N2)c(C)c1. The number of nitriles is 1. The maximum absolute atomic E-state index is 12.6. The molecule has 5 nitrogen and oxygen atoms in total. The molecule has 6 heteroatoms. The van der Waals surface area contributed by atoms with Crippen LogP contribution in [-0.4, -0.2) is 17.6 Å². The van der Waals surface area contributed by atoms with Gasteiger partial charge in [0.2, 0.25) is 11.8 Å². The van der Waals surface area contributed by atoms with E-state index in [1.807, 2.05) is 64.1 Å². The van der Waals surface area contributed by atoms with Gasteiger partial charge in [-0.25, -0.2) is 0 Å². The third-order valence-corrected chi connectivity index (χ3v) is 6.23. The number of hydrogen-bond acceptors (Lipinski definition) is 4. The van der Waals surface area contributed by atoms with Gasteiger partial charge in [-0.3, -0.25) is 9.59 Å². The van der Waals surface area contributed by atoms with Crippen LogP contribution in [0.15, 0.2) is 47.0 Å². The van der Waals surface area contributed by atoms with E-state index < -0.39 is 0 Å². The molecule has 0 aromatic heterocycles. The number of allylic oxidation sites excluding steroid dienone is 1. The number of carbonyl (C=O) groups excluding carboxylic acids is 2. The number of aryl methyl sites for hydroxylation is 4. The lowest BCUT2D eigenvalue weighted by molar-refractivity contribution is -0.121. The fraction of sp³-hybridized carbons (Fsp3) is 0.292. The lowest BCUT2D eigenvalue weighted by Gasteiger charge is -2.26. The van der Waals surface area contributed by atoms with E-state index in [1.54, 1.807) is 0 Å². The van der Waals surface area contributed by atoms with Gasteiger partial charge in [0.1, 0.15) is 0 Å². The Kier molecular flexibility index (Phi) is 6.63. The first-order valence-corrected chi connectivity index (χ1v) is 10.8. The van der Waals surface area contributed by atoms with E-state index in [9.17, 15) is 14.9 Å². The van der Waals surface area contributed by atoms with Crippen molar-refractivity contribution in [1.29, 1.82) is 5.26 Å². The molecule has 1 aliphatic rings. The largest absolute Gasteiger partial charge is 0.325 e. The lowest BCUT2D eigenvalue weighted by atomic mass is 9.85. The highest BCUT2D eigenvalue weighted by Crippen LogP contribution is 2.37. The minimum atomic E-state index is -0.294. The van der Waals surface area contributed by atoms with Gasteiger partial charge < -0.3 is 10.6 Å². The molecule has 2 aromatic rings. The molecular weight excluding hydrogens is 394 g/mol. The lowest BCUT2D eigenvalue weighted by Crippen LogP contribution is -2.31. The van der Waals surface area contributed by atoms with Gasteiger partial charge in [-0.05, 0) is 49.9 Å². The Hall–Kier alpha value is -3.04. The third-order valence-electron chi connectivity index (χ3n) is 5.21. The number of anilines is 1. The minimum absolute atomic E-state index is 0.105. The van der Waals surface area contributed by atoms with Crippen molar-refractivity contribution in [3.63, 3.8) is 0 Å². The van der Waals surface area contributed by atoms with Crippen molar-refractivity contribution in [3.8, 4) is 6.07 Å². The molecule has 1 aliphatic heterocycles. The normalized spacial score (nSPS) is 16.1. The molecule has 2 amide bonds. The molecule has 0 spiro atoms. The quantitative estimate of drug-likeness (QED) is 0.740. The zero-order valence-electron chi connectivity index (χ0n) is 17.6. The third kappa shape index (κ3) is 4.74. The van der Waals surface area contributed by atoms with Gasteiger partial charge in [0.05, 0.1) is 22.4 Å². The van der Waals surface area contributed by atoms with Crippen LogP contribution in [0.5, 0.6) is 0 Å². The van der Waals surface area contributed by atoms with Gasteiger partial charge in [0, 0.05) is 18.0 Å². The number of nitrogens with one attached hydrogen (secondary N) is 2. The summed E-state index contributed by atoms with van der Waals surface area (Å²) in [7, 11) is 0. The molecule has 2 aromatic carbocycles. The molecular formula is C24H25N3O2S. The van der Waals surface area contributed by atoms with Gasteiger partial charge in [-0.1, -0.05) is 53.7 Å². The van der Waals surface area contributed by atoms with E-state index in [4.69, 9.17) is 0 Å². The molecule has 3 rings (SSSR count). The summed E-state index contributed by atoms with van der Waals surface area (Å²) < 4.78 is 0. The van der Waals surface area contributed by atoms with Crippen molar-refractivity contribution in [3.05, 3.63) is 74.8 Å². The number of carbonyl (C=O) groups is 2. The van der Waals surface area contributed by atoms with Crippen LogP contribution < -0.4 is 10.6 Å². The second-order valence-corrected chi connectivity index (χ2v) is 8.61. The first-order valence-electron chi connectivity index (χ1n) is 9.80. The van der Waals surface area contributed by atoms with Crippen LogP contribution in [0.4, 0.5) is 5.69 Å². The molecule has 0 radical (unpaired) electrons. The number of benzene rings is 2. The fourth-order valence-corrected chi connectivity index (χ4v) is 4.74. The topological polar surface area (TPSA) is 82.0 Å². The molecule has 0 fully saturated rings. The fourth-order valence-electron chi connectivity index (χ4n) is 3.87. The van der Waals surface area contributed by atoms with Crippen molar-refractivity contribution in [2.24, 2.45) is 0 Å². The van der Waals surface area contributed by atoms with E-state index in [0.717, 1.165) is 33.5 Å². The Bertz CT molecular complexity index is 1060. The average molecular weight is 420 g/mol. The van der Waals surface area contributed by atoms with Crippen molar-refractivity contribution < 1.29 is 9.59 Å². The Balaban J connectivity index is 1.79. The molecule has 2 N–H and O–H groups in total. The Morgan fingerprint density at radius 1 is 1.17 bits per heavy atom. The van der Waals surface area contributed by atoms with E-state index in [1.165, 1.54) is 11.8 Å². The molecule has 0 saturated heterocycles. The van der Waals surface area contributed by atoms with Crippen LogP contribution in [0, 0.1) is 39.0 Å². The molecule has 0 unspecified atom stereocenters. The molecule has 0 aliphatic carbocycles. The van der Waals surface area contributed by atoms with Gasteiger partial charge in [-0.2, -0.15) is 5.26 Å². The zero-order chi connectivity index (χ0) is 21.8. The smallest absolute Gasteiger partial charge is 0.234 e. The van der Waals surface area contributed by atoms with E-state index in [-0.39, 0.29) is 29.9 Å². The van der Waals surface area contributed by atoms with Gasteiger partial charge in [0.15, 0.2) is 0 Å². The number of nitrogens with zero attached hydrogens (tertiary/aromatic N) is 1. The van der Waals surface area contributed by atoms with Crippen LogP contribution in [0.2, 0.25) is 0 Å². The summed E-state index contributed by atoms with van der Waals surface area (Å²) in [5.41, 5.74) is 6.49. The number of thioether (sulfide) groups is 1. The van der Waals surface area contributed by atoms with Crippen LogP contribution in [0.25, 0.3) is 0 Å². The highest BCUT2D eigenvalue weighted by atomic mass is 32.2. The summed E-state index contributed by atoms with van der Waals surface area (Å²) >= 11 is 1.19. The zero-order valence-corrected chi connectivity index (χ0v) is 18.4. The Labute approximate surface area is 181 Å². The number of rotatable bonds is 5.